The van der Waals surface area contributed by atoms with E-state index in [1.165, 1.54) is 6.42 Å². The summed E-state index contributed by atoms with van der Waals surface area (Å²) in [5.74, 6) is 2.12. The van der Waals surface area contributed by atoms with E-state index in [1.807, 2.05) is 13.0 Å². The standard InChI is InChI=1S/C13H19ClN2O/c1-8-4-5-11(6-9(8)2)17-12-7-10(3)15-13(14)16-12/h7-9,11H,4-6H2,1-3H3. The fourth-order valence-corrected chi connectivity index (χ4v) is 2.56. The van der Waals surface area contributed by atoms with Crippen LogP contribution in [-0.2, 0) is 0 Å². The minimum Gasteiger partial charge on any atom is -0.474 e. The van der Waals surface area contributed by atoms with Crippen molar-refractivity contribution in [3.05, 3.63) is 17.0 Å². The van der Waals surface area contributed by atoms with Crippen LogP contribution < -0.4 is 4.74 Å². The predicted octanol–water partition coefficient (Wildman–Crippen LogP) is 3.64. The second kappa shape index (κ2) is 5.21. The summed E-state index contributed by atoms with van der Waals surface area (Å²) in [5, 5.41) is 0.261. The summed E-state index contributed by atoms with van der Waals surface area (Å²) in [7, 11) is 0. The molecule has 1 aliphatic rings. The average Bonchev–Trinajstić information content (AvgIpc) is 2.22. The van der Waals surface area contributed by atoms with Gasteiger partial charge in [0.25, 0.3) is 0 Å². The van der Waals surface area contributed by atoms with Gasteiger partial charge in [-0.05, 0) is 49.6 Å². The van der Waals surface area contributed by atoms with Gasteiger partial charge in [0, 0.05) is 11.8 Å². The van der Waals surface area contributed by atoms with Crippen LogP contribution in [0.4, 0.5) is 0 Å². The minimum atomic E-state index is 0.261. The lowest BCUT2D eigenvalue weighted by Gasteiger charge is -2.31. The van der Waals surface area contributed by atoms with Gasteiger partial charge in [0.1, 0.15) is 6.10 Å². The van der Waals surface area contributed by atoms with E-state index in [4.69, 9.17) is 16.3 Å². The fourth-order valence-electron chi connectivity index (χ4n) is 2.34. The van der Waals surface area contributed by atoms with Gasteiger partial charge >= 0.3 is 0 Å². The molecular formula is C13H19ClN2O. The average molecular weight is 255 g/mol. The van der Waals surface area contributed by atoms with E-state index in [0.717, 1.165) is 24.5 Å². The van der Waals surface area contributed by atoms with Gasteiger partial charge < -0.3 is 4.74 Å². The minimum absolute atomic E-state index is 0.261. The molecular weight excluding hydrogens is 236 g/mol. The molecule has 0 aliphatic heterocycles. The third kappa shape index (κ3) is 3.32. The Morgan fingerprint density at radius 2 is 2.00 bits per heavy atom. The lowest BCUT2D eigenvalue weighted by Crippen LogP contribution is -2.29. The van der Waals surface area contributed by atoms with Crippen LogP contribution in [-0.4, -0.2) is 16.1 Å². The van der Waals surface area contributed by atoms with E-state index >= 15 is 0 Å². The number of ether oxygens (including phenoxy) is 1. The molecule has 1 fully saturated rings. The Morgan fingerprint density at radius 3 is 2.65 bits per heavy atom. The first-order chi connectivity index (χ1) is 8.04. The summed E-state index contributed by atoms with van der Waals surface area (Å²) < 4.78 is 5.90. The van der Waals surface area contributed by atoms with Crippen LogP contribution in [0.5, 0.6) is 5.88 Å². The van der Waals surface area contributed by atoms with E-state index in [2.05, 4.69) is 23.8 Å². The summed E-state index contributed by atoms with van der Waals surface area (Å²) >= 11 is 5.82. The Balaban J connectivity index is 2.01. The van der Waals surface area contributed by atoms with Crippen LogP contribution in [0.2, 0.25) is 5.28 Å². The third-order valence-electron chi connectivity index (χ3n) is 3.64. The molecule has 1 aliphatic carbocycles. The van der Waals surface area contributed by atoms with Gasteiger partial charge in [-0.15, -0.1) is 0 Å². The molecule has 94 valence electrons. The maximum absolute atomic E-state index is 5.90. The van der Waals surface area contributed by atoms with Crippen LogP contribution >= 0.6 is 11.6 Å². The van der Waals surface area contributed by atoms with Crippen LogP contribution in [0.1, 0.15) is 38.8 Å². The fraction of sp³-hybridized carbons (Fsp3) is 0.692. The second-order valence-electron chi connectivity index (χ2n) is 5.12. The van der Waals surface area contributed by atoms with Gasteiger partial charge in [0.2, 0.25) is 11.2 Å². The molecule has 3 unspecified atom stereocenters. The third-order valence-corrected chi connectivity index (χ3v) is 3.81. The van der Waals surface area contributed by atoms with Gasteiger partial charge in [-0.1, -0.05) is 13.8 Å². The molecule has 0 saturated heterocycles. The number of aryl methyl sites for hydroxylation is 1. The Labute approximate surface area is 108 Å². The highest BCUT2D eigenvalue weighted by atomic mass is 35.5. The molecule has 3 nitrogen and oxygen atoms in total. The normalized spacial score (nSPS) is 29.1. The molecule has 0 N–H and O–H groups in total. The lowest BCUT2D eigenvalue weighted by atomic mass is 9.80. The number of hydrogen-bond donors (Lipinski definition) is 0. The van der Waals surface area contributed by atoms with Crippen molar-refractivity contribution in [2.45, 2.75) is 46.1 Å². The zero-order valence-electron chi connectivity index (χ0n) is 10.6. The first-order valence-electron chi connectivity index (χ1n) is 6.22. The SMILES string of the molecule is Cc1cc(OC2CCC(C)C(C)C2)nc(Cl)n1. The van der Waals surface area contributed by atoms with Crippen LogP contribution in [0.25, 0.3) is 0 Å². The number of rotatable bonds is 2. The van der Waals surface area contributed by atoms with Crippen molar-refractivity contribution >= 4 is 11.6 Å². The lowest BCUT2D eigenvalue weighted by molar-refractivity contribution is 0.0963. The van der Waals surface area contributed by atoms with Gasteiger partial charge in [-0.2, -0.15) is 4.98 Å². The van der Waals surface area contributed by atoms with Crippen molar-refractivity contribution in [1.29, 1.82) is 0 Å². The maximum Gasteiger partial charge on any atom is 0.225 e. The molecule has 4 heteroatoms. The summed E-state index contributed by atoms with van der Waals surface area (Å²) in [6.07, 6.45) is 3.70. The highest BCUT2D eigenvalue weighted by Crippen LogP contribution is 2.31. The van der Waals surface area contributed by atoms with E-state index < -0.39 is 0 Å². The first kappa shape index (κ1) is 12.6. The van der Waals surface area contributed by atoms with Gasteiger partial charge in [-0.3, -0.25) is 0 Å². The van der Waals surface area contributed by atoms with E-state index in [9.17, 15) is 0 Å². The van der Waals surface area contributed by atoms with Crippen molar-refractivity contribution in [3.8, 4) is 5.88 Å². The van der Waals surface area contributed by atoms with Crippen molar-refractivity contribution in [3.63, 3.8) is 0 Å². The largest absolute Gasteiger partial charge is 0.474 e. The molecule has 0 amide bonds. The molecule has 2 rings (SSSR count). The van der Waals surface area contributed by atoms with Crippen molar-refractivity contribution in [2.24, 2.45) is 11.8 Å². The van der Waals surface area contributed by atoms with Crippen LogP contribution in [0.15, 0.2) is 6.07 Å². The maximum atomic E-state index is 5.90. The summed E-state index contributed by atoms with van der Waals surface area (Å²) in [6.45, 7) is 6.50. The number of aromatic nitrogens is 2. The molecule has 1 saturated carbocycles. The van der Waals surface area contributed by atoms with Crippen molar-refractivity contribution in [1.82, 2.24) is 9.97 Å². The molecule has 0 spiro atoms. The van der Waals surface area contributed by atoms with Gasteiger partial charge in [0.15, 0.2) is 0 Å². The molecule has 1 aromatic heterocycles. The van der Waals surface area contributed by atoms with E-state index in [1.54, 1.807) is 0 Å². The Hall–Kier alpha value is -0.830. The zero-order chi connectivity index (χ0) is 12.4. The molecule has 1 heterocycles. The topological polar surface area (TPSA) is 35.0 Å². The Morgan fingerprint density at radius 1 is 1.24 bits per heavy atom. The molecule has 1 aromatic rings. The number of halogens is 1. The highest BCUT2D eigenvalue weighted by molar-refractivity contribution is 6.28. The molecule has 0 radical (unpaired) electrons. The van der Waals surface area contributed by atoms with Crippen LogP contribution in [0.3, 0.4) is 0 Å². The Bertz CT molecular complexity index is 377. The number of hydrogen-bond acceptors (Lipinski definition) is 3. The quantitative estimate of drug-likeness (QED) is 0.756. The van der Waals surface area contributed by atoms with Gasteiger partial charge in [-0.25, -0.2) is 4.98 Å². The highest BCUT2D eigenvalue weighted by Gasteiger charge is 2.26. The first-order valence-corrected chi connectivity index (χ1v) is 6.60. The van der Waals surface area contributed by atoms with E-state index in [0.29, 0.717) is 11.8 Å². The summed E-state index contributed by atoms with van der Waals surface area (Å²) in [4.78, 5) is 8.13. The smallest absolute Gasteiger partial charge is 0.225 e. The molecule has 3 atom stereocenters. The molecule has 17 heavy (non-hydrogen) atoms. The number of nitrogens with zero attached hydrogens (tertiary/aromatic N) is 2. The summed E-state index contributed by atoms with van der Waals surface area (Å²) in [6, 6.07) is 1.84. The molecule has 0 aromatic carbocycles. The summed E-state index contributed by atoms with van der Waals surface area (Å²) in [5.41, 5.74) is 0.845. The van der Waals surface area contributed by atoms with Crippen molar-refractivity contribution < 1.29 is 4.74 Å². The zero-order valence-corrected chi connectivity index (χ0v) is 11.4. The monoisotopic (exact) mass is 254 g/mol. The van der Waals surface area contributed by atoms with E-state index in [-0.39, 0.29) is 11.4 Å². The predicted molar refractivity (Wildman–Crippen MR) is 68.4 cm³/mol. The second-order valence-corrected chi connectivity index (χ2v) is 5.46. The van der Waals surface area contributed by atoms with Crippen LogP contribution in [0, 0.1) is 18.8 Å². The van der Waals surface area contributed by atoms with Gasteiger partial charge in [0.05, 0.1) is 0 Å². The van der Waals surface area contributed by atoms with Crippen molar-refractivity contribution in [2.75, 3.05) is 0 Å². The Kier molecular flexibility index (Phi) is 3.87. The molecule has 0 bridgehead atoms.